The molecule has 0 radical (unpaired) electrons. The maximum atomic E-state index is 13.1. The molecule has 36 heavy (non-hydrogen) atoms. The van der Waals surface area contributed by atoms with Gasteiger partial charge in [0, 0.05) is 37.7 Å². The number of carbonyl (C=O) groups excluding carboxylic acids is 1. The van der Waals surface area contributed by atoms with Crippen LogP contribution in [0.1, 0.15) is 41.9 Å². The first-order valence-electron chi connectivity index (χ1n) is 11.9. The molecule has 8 nitrogen and oxygen atoms in total. The summed E-state index contributed by atoms with van der Waals surface area (Å²) in [6.07, 6.45) is 0.0515. The van der Waals surface area contributed by atoms with Crippen LogP contribution in [0.15, 0.2) is 29.6 Å². The molecule has 192 valence electrons. The van der Waals surface area contributed by atoms with Gasteiger partial charge in [0.05, 0.1) is 17.1 Å². The average Bonchev–Trinajstić information content (AvgIpc) is 3.47. The van der Waals surface area contributed by atoms with Gasteiger partial charge in [-0.15, -0.1) is 11.3 Å². The predicted molar refractivity (Wildman–Crippen MR) is 134 cm³/mol. The van der Waals surface area contributed by atoms with E-state index in [0.29, 0.717) is 16.8 Å². The van der Waals surface area contributed by atoms with Crippen molar-refractivity contribution in [3.8, 4) is 10.7 Å². The van der Waals surface area contributed by atoms with Gasteiger partial charge in [0.1, 0.15) is 10.7 Å². The number of hydrogen-bond acceptors (Lipinski definition) is 7. The molecule has 2 fully saturated rings. The Morgan fingerprint density at radius 2 is 2.00 bits per heavy atom. The van der Waals surface area contributed by atoms with E-state index in [1.807, 2.05) is 12.1 Å². The summed E-state index contributed by atoms with van der Waals surface area (Å²) in [4.78, 5) is 19.6. The van der Waals surface area contributed by atoms with Crippen molar-refractivity contribution in [2.24, 2.45) is 12.5 Å². The molecule has 5 rings (SSSR count). The van der Waals surface area contributed by atoms with Crippen molar-refractivity contribution in [1.29, 1.82) is 0 Å². The molecule has 0 unspecified atom stereocenters. The lowest BCUT2D eigenvalue weighted by Crippen LogP contribution is -2.48. The first kappa shape index (κ1) is 24.6. The normalized spacial score (nSPS) is 17.9. The molecule has 0 atom stereocenters. The van der Waals surface area contributed by atoms with Gasteiger partial charge in [-0.25, -0.2) is 4.98 Å². The molecule has 2 saturated heterocycles. The highest BCUT2D eigenvalue weighted by molar-refractivity contribution is 7.13. The van der Waals surface area contributed by atoms with E-state index in [4.69, 9.17) is 5.73 Å². The third kappa shape index (κ3) is 4.92. The van der Waals surface area contributed by atoms with Crippen LogP contribution >= 0.6 is 11.3 Å². The first-order chi connectivity index (χ1) is 17.1. The van der Waals surface area contributed by atoms with Crippen molar-refractivity contribution in [2.45, 2.75) is 31.9 Å². The van der Waals surface area contributed by atoms with E-state index in [1.165, 1.54) is 25.3 Å². The summed E-state index contributed by atoms with van der Waals surface area (Å²) in [5.74, 6) is -0.451. The third-order valence-corrected chi connectivity index (χ3v) is 7.99. The van der Waals surface area contributed by atoms with E-state index < -0.39 is 17.8 Å². The smallest absolute Gasteiger partial charge is 0.399 e. The van der Waals surface area contributed by atoms with Crippen molar-refractivity contribution in [2.75, 3.05) is 42.1 Å². The number of nitrogens with one attached hydrogen (secondary N) is 2. The highest BCUT2D eigenvalue weighted by Gasteiger charge is 2.37. The number of nitrogens with zero attached hydrogens (tertiary/aromatic N) is 4. The Hall–Kier alpha value is -3.12. The highest BCUT2D eigenvalue weighted by atomic mass is 32.1. The number of alkyl halides is 3. The van der Waals surface area contributed by atoms with E-state index in [9.17, 15) is 18.0 Å². The molecule has 1 amide bonds. The standard InChI is InChI=1S/C24H28F3N7OS/c1-33-19(12-20(32-33)24(25,26)27)22-31-17(13-36-22)21(35)30-16-11-15(28)3-4-18(16)34-9-6-23(7-10-34)5-2-8-29-14-23/h3-4,11-13,29H,2,5-10,14,28H2,1H3,(H,30,35). The molecule has 0 aliphatic carbocycles. The zero-order valence-corrected chi connectivity index (χ0v) is 20.7. The van der Waals surface area contributed by atoms with Gasteiger partial charge in [-0.1, -0.05) is 0 Å². The number of nitrogens with two attached hydrogens (primary N) is 1. The van der Waals surface area contributed by atoms with Crippen molar-refractivity contribution in [3.63, 3.8) is 0 Å². The van der Waals surface area contributed by atoms with Crippen LogP contribution < -0.4 is 21.3 Å². The fraction of sp³-hybridized carbons (Fsp3) is 0.458. The van der Waals surface area contributed by atoms with Crippen LogP contribution in [0.5, 0.6) is 0 Å². The van der Waals surface area contributed by atoms with Crippen LogP contribution in [0.2, 0.25) is 0 Å². The Kier molecular flexibility index (Phi) is 6.41. The Morgan fingerprint density at radius 3 is 2.67 bits per heavy atom. The lowest BCUT2D eigenvalue weighted by Gasteiger charge is -2.45. The minimum absolute atomic E-state index is 0.115. The molecule has 2 aromatic heterocycles. The van der Waals surface area contributed by atoms with Gasteiger partial charge in [-0.05, 0) is 61.9 Å². The zero-order chi connectivity index (χ0) is 25.5. The SMILES string of the molecule is Cn1nc(C(F)(F)F)cc1-c1nc(C(=O)Nc2cc(N)ccc2N2CCC3(CCCNC3)CC2)cs1. The summed E-state index contributed by atoms with van der Waals surface area (Å²) >= 11 is 1.09. The van der Waals surface area contributed by atoms with E-state index in [-0.39, 0.29) is 16.4 Å². The molecular weight excluding hydrogens is 491 g/mol. The fourth-order valence-electron chi connectivity index (χ4n) is 5.10. The van der Waals surface area contributed by atoms with Crippen molar-refractivity contribution in [3.05, 3.63) is 41.0 Å². The predicted octanol–water partition coefficient (Wildman–Crippen LogP) is 4.37. The number of aryl methyl sites for hydroxylation is 1. The van der Waals surface area contributed by atoms with Gasteiger partial charge in [-0.3, -0.25) is 9.48 Å². The molecule has 2 aliphatic heterocycles. The Labute approximate surface area is 210 Å². The summed E-state index contributed by atoms with van der Waals surface area (Å²) < 4.78 is 40.2. The Bertz CT molecular complexity index is 1250. The monoisotopic (exact) mass is 519 g/mol. The molecule has 0 bridgehead atoms. The van der Waals surface area contributed by atoms with E-state index >= 15 is 0 Å². The van der Waals surface area contributed by atoms with Gasteiger partial charge in [-0.2, -0.15) is 18.3 Å². The molecule has 3 aromatic rings. The van der Waals surface area contributed by atoms with Gasteiger partial charge in [0.25, 0.3) is 5.91 Å². The molecule has 1 aromatic carbocycles. The number of aromatic nitrogens is 3. The Morgan fingerprint density at radius 1 is 1.22 bits per heavy atom. The second-order valence-corrected chi connectivity index (χ2v) is 10.4. The quantitative estimate of drug-likeness (QED) is 0.443. The number of rotatable bonds is 4. The number of hydrogen-bond donors (Lipinski definition) is 3. The Balaban J connectivity index is 1.32. The van der Waals surface area contributed by atoms with Crippen LogP contribution in [0.3, 0.4) is 0 Å². The lowest BCUT2D eigenvalue weighted by molar-refractivity contribution is -0.141. The molecule has 2 aliphatic rings. The maximum Gasteiger partial charge on any atom is 0.435 e. The number of benzene rings is 1. The van der Waals surface area contributed by atoms with Crippen LogP contribution in [0, 0.1) is 5.41 Å². The number of piperidine rings is 2. The van der Waals surface area contributed by atoms with Crippen molar-refractivity contribution >= 4 is 34.3 Å². The molecule has 4 heterocycles. The van der Waals surface area contributed by atoms with Gasteiger partial charge < -0.3 is 21.3 Å². The summed E-state index contributed by atoms with van der Waals surface area (Å²) in [5.41, 5.74) is 7.68. The number of nitrogen functional groups attached to an aromatic ring is 1. The summed E-state index contributed by atoms with van der Waals surface area (Å²) in [6, 6.07) is 6.40. The van der Waals surface area contributed by atoms with Gasteiger partial charge in [0.15, 0.2) is 5.69 Å². The van der Waals surface area contributed by atoms with E-state index in [2.05, 4.69) is 25.6 Å². The molecular formula is C24H28F3N7OS. The molecule has 1 spiro atoms. The maximum absolute atomic E-state index is 13.1. The number of anilines is 3. The molecule has 12 heteroatoms. The average molecular weight is 520 g/mol. The van der Waals surface area contributed by atoms with Crippen molar-refractivity contribution < 1.29 is 18.0 Å². The highest BCUT2D eigenvalue weighted by Crippen LogP contribution is 2.40. The van der Waals surface area contributed by atoms with Crippen molar-refractivity contribution in [1.82, 2.24) is 20.1 Å². The number of carbonyl (C=O) groups is 1. The summed E-state index contributed by atoms with van der Waals surface area (Å²) in [7, 11) is 1.41. The first-order valence-corrected chi connectivity index (χ1v) is 12.8. The van der Waals surface area contributed by atoms with Crippen LogP contribution in [-0.4, -0.2) is 46.9 Å². The van der Waals surface area contributed by atoms with Gasteiger partial charge >= 0.3 is 6.18 Å². The topological polar surface area (TPSA) is 101 Å². The lowest BCUT2D eigenvalue weighted by atomic mass is 9.73. The summed E-state index contributed by atoms with van der Waals surface area (Å²) in [5, 5.41) is 11.8. The summed E-state index contributed by atoms with van der Waals surface area (Å²) in [6.45, 7) is 3.91. The van der Waals surface area contributed by atoms with E-state index in [1.54, 1.807) is 6.07 Å². The largest absolute Gasteiger partial charge is 0.435 e. The fourth-order valence-corrected chi connectivity index (χ4v) is 5.94. The minimum atomic E-state index is -4.56. The molecule has 0 saturated carbocycles. The van der Waals surface area contributed by atoms with Crippen LogP contribution in [0.25, 0.3) is 10.7 Å². The number of amides is 1. The van der Waals surface area contributed by atoms with Crippen LogP contribution in [-0.2, 0) is 13.2 Å². The second kappa shape index (κ2) is 9.40. The van der Waals surface area contributed by atoms with E-state index in [0.717, 1.165) is 66.8 Å². The molecule has 4 N–H and O–H groups in total. The van der Waals surface area contributed by atoms with Crippen LogP contribution in [0.4, 0.5) is 30.2 Å². The number of halogens is 3. The van der Waals surface area contributed by atoms with Gasteiger partial charge in [0.2, 0.25) is 0 Å². The third-order valence-electron chi connectivity index (χ3n) is 7.12. The zero-order valence-electron chi connectivity index (χ0n) is 19.9. The second-order valence-electron chi connectivity index (χ2n) is 9.57. The minimum Gasteiger partial charge on any atom is -0.399 e. The number of thiazole rings is 1.